The zero-order valence-corrected chi connectivity index (χ0v) is 9.43. The number of rotatable bonds is 6. The number of aliphatic hydroxyl groups is 2. The summed E-state index contributed by atoms with van der Waals surface area (Å²) in [6.07, 6.45) is -0.772. The monoisotopic (exact) mass is 227 g/mol. The van der Waals surface area contributed by atoms with Crippen LogP contribution in [0.5, 0.6) is 0 Å². The third kappa shape index (κ3) is 3.89. The van der Waals surface area contributed by atoms with Crippen molar-refractivity contribution in [2.45, 2.75) is 19.6 Å². The van der Waals surface area contributed by atoms with E-state index in [1.54, 1.807) is 18.2 Å². The van der Waals surface area contributed by atoms with Crippen LogP contribution in [0.25, 0.3) is 0 Å². The summed E-state index contributed by atoms with van der Waals surface area (Å²) in [6, 6.07) is 6.58. The van der Waals surface area contributed by atoms with E-state index in [2.05, 4.69) is 0 Å². The summed E-state index contributed by atoms with van der Waals surface area (Å²) >= 11 is 0. The number of likely N-dealkylation sites (N-methyl/N-ethyl adjacent to an activating group) is 1. The van der Waals surface area contributed by atoms with Gasteiger partial charge in [0.1, 0.15) is 5.82 Å². The van der Waals surface area contributed by atoms with Gasteiger partial charge < -0.3 is 10.2 Å². The van der Waals surface area contributed by atoms with Gasteiger partial charge in [-0.1, -0.05) is 25.1 Å². The first-order valence-corrected chi connectivity index (χ1v) is 5.42. The molecule has 0 aromatic heterocycles. The van der Waals surface area contributed by atoms with Crippen molar-refractivity contribution in [1.82, 2.24) is 4.90 Å². The van der Waals surface area contributed by atoms with E-state index < -0.39 is 6.10 Å². The van der Waals surface area contributed by atoms with Crippen LogP contribution in [0.3, 0.4) is 0 Å². The van der Waals surface area contributed by atoms with Crippen LogP contribution >= 0.6 is 0 Å². The molecule has 0 aliphatic carbocycles. The van der Waals surface area contributed by atoms with Gasteiger partial charge in [0.2, 0.25) is 0 Å². The lowest BCUT2D eigenvalue weighted by molar-refractivity contribution is 0.0581. The molecule has 0 fully saturated rings. The summed E-state index contributed by atoms with van der Waals surface area (Å²) in [4.78, 5) is 1.89. The second kappa shape index (κ2) is 6.58. The molecule has 16 heavy (non-hydrogen) atoms. The first kappa shape index (κ1) is 13.1. The number of aliphatic hydroxyl groups excluding tert-OH is 2. The predicted molar refractivity (Wildman–Crippen MR) is 60.4 cm³/mol. The second-order valence-corrected chi connectivity index (χ2v) is 3.76. The normalized spacial score (nSPS) is 13.1. The summed E-state index contributed by atoms with van der Waals surface area (Å²) in [7, 11) is 0. The van der Waals surface area contributed by atoms with Gasteiger partial charge in [-0.15, -0.1) is 0 Å². The summed E-state index contributed by atoms with van der Waals surface area (Å²) in [5, 5.41) is 18.1. The Hall–Kier alpha value is -0.970. The third-order valence-corrected chi connectivity index (χ3v) is 2.48. The molecule has 3 nitrogen and oxygen atoms in total. The zero-order valence-electron chi connectivity index (χ0n) is 9.43. The molecule has 0 amide bonds. The van der Waals surface area contributed by atoms with Crippen LogP contribution in [0, 0.1) is 5.82 Å². The fourth-order valence-corrected chi connectivity index (χ4v) is 1.53. The van der Waals surface area contributed by atoms with Crippen molar-refractivity contribution in [2.24, 2.45) is 0 Å². The standard InChI is InChI=1S/C12H18FNO2/c1-2-14(8-11(16)9-15)7-10-5-3-4-6-12(10)13/h3-6,11,15-16H,2,7-9H2,1H3/t11-/m1/s1. The van der Waals surface area contributed by atoms with Crippen LogP contribution in [0.1, 0.15) is 12.5 Å². The van der Waals surface area contributed by atoms with Gasteiger partial charge >= 0.3 is 0 Å². The Balaban J connectivity index is 2.60. The van der Waals surface area contributed by atoms with Crippen LogP contribution in [-0.4, -0.2) is 40.9 Å². The highest BCUT2D eigenvalue weighted by Gasteiger charge is 2.11. The van der Waals surface area contributed by atoms with Crippen LogP contribution in [-0.2, 0) is 6.54 Å². The van der Waals surface area contributed by atoms with Gasteiger partial charge in [-0.25, -0.2) is 4.39 Å². The first-order chi connectivity index (χ1) is 7.67. The highest BCUT2D eigenvalue weighted by molar-refractivity contribution is 5.17. The lowest BCUT2D eigenvalue weighted by Gasteiger charge is -2.22. The molecule has 90 valence electrons. The molecule has 0 heterocycles. The minimum Gasteiger partial charge on any atom is -0.394 e. The molecule has 0 radical (unpaired) electrons. The third-order valence-electron chi connectivity index (χ3n) is 2.48. The number of nitrogens with zero attached hydrogens (tertiary/aromatic N) is 1. The van der Waals surface area contributed by atoms with E-state index in [-0.39, 0.29) is 12.4 Å². The van der Waals surface area contributed by atoms with Crippen LogP contribution in [0.2, 0.25) is 0 Å². The minimum atomic E-state index is -0.772. The van der Waals surface area contributed by atoms with Crippen molar-refractivity contribution in [3.05, 3.63) is 35.6 Å². The molecule has 0 saturated heterocycles. The van der Waals surface area contributed by atoms with Gasteiger partial charge in [0, 0.05) is 18.7 Å². The molecule has 2 N–H and O–H groups in total. The van der Waals surface area contributed by atoms with Crippen molar-refractivity contribution < 1.29 is 14.6 Å². The second-order valence-electron chi connectivity index (χ2n) is 3.76. The Morgan fingerprint density at radius 1 is 1.38 bits per heavy atom. The van der Waals surface area contributed by atoms with Gasteiger partial charge in [-0.2, -0.15) is 0 Å². The van der Waals surface area contributed by atoms with Gasteiger partial charge in [-0.3, -0.25) is 4.90 Å². The first-order valence-electron chi connectivity index (χ1n) is 5.42. The quantitative estimate of drug-likeness (QED) is 0.762. The lowest BCUT2D eigenvalue weighted by atomic mass is 10.2. The van der Waals surface area contributed by atoms with Crippen molar-refractivity contribution in [2.75, 3.05) is 19.7 Å². The van der Waals surface area contributed by atoms with Crippen molar-refractivity contribution >= 4 is 0 Å². The average Bonchev–Trinajstić information content (AvgIpc) is 2.30. The summed E-state index contributed by atoms with van der Waals surface area (Å²) in [5.74, 6) is -0.237. The van der Waals surface area contributed by atoms with Crippen molar-refractivity contribution in [1.29, 1.82) is 0 Å². The highest BCUT2D eigenvalue weighted by atomic mass is 19.1. The van der Waals surface area contributed by atoms with E-state index in [0.29, 0.717) is 25.2 Å². The molecule has 1 rings (SSSR count). The number of hydrogen-bond acceptors (Lipinski definition) is 3. The Labute approximate surface area is 95.1 Å². The number of hydrogen-bond donors (Lipinski definition) is 2. The Morgan fingerprint density at radius 2 is 2.06 bits per heavy atom. The number of halogens is 1. The maximum absolute atomic E-state index is 13.4. The molecule has 0 saturated carbocycles. The van der Waals surface area contributed by atoms with Crippen LogP contribution < -0.4 is 0 Å². The van der Waals surface area contributed by atoms with E-state index in [9.17, 15) is 9.50 Å². The van der Waals surface area contributed by atoms with Crippen LogP contribution in [0.4, 0.5) is 4.39 Å². The molecule has 0 spiro atoms. The molecule has 1 aromatic carbocycles. The van der Waals surface area contributed by atoms with Gasteiger partial charge in [0.15, 0.2) is 0 Å². The molecule has 0 bridgehead atoms. The molecule has 4 heteroatoms. The highest BCUT2D eigenvalue weighted by Crippen LogP contribution is 2.09. The van der Waals surface area contributed by atoms with E-state index in [1.807, 2.05) is 11.8 Å². The van der Waals surface area contributed by atoms with Gasteiger partial charge in [0.25, 0.3) is 0 Å². The summed E-state index contributed by atoms with van der Waals surface area (Å²) in [5.41, 5.74) is 0.606. The van der Waals surface area contributed by atoms with Gasteiger partial charge in [0.05, 0.1) is 12.7 Å². The Bertz CT molecular complexity index is 320. The van der Waals surface area contributed by atoms with Gasteiger partial charge in [-0.05, 0) is 12.6 Å². The van der Waals surface area contributed by atoms with Crippen molar-refractivity contribution in [3.8, 4) is 0 Å². The maximum Gasteiger partial charge on any atom is 0.127 e. The molecule has 0 aliphatic rings. The summed E-state index contributed by atoms with van der Waals surface area (Å²) < 4.78 is 13.4. The largest absolute Gasteiger partial charge is 0.394 e. The average molecular weight is 227 g/mol. The molecule has 0 aliphatic heterocycles. The van der Waals surface area contributed by atoms with E-state index in [0.717, 1.165) is 0 Å². The molecule has 1 atom stereocenters. The Kier molecular flexibility index (Phi) is 5.38. The molecule has 1 aromatic rings. The SMILES string of the molecule is CCN(Cc1ccccc1F)C[C@@H](O)CO. The fourth-order valence-electron chi connectivity index (χ4n) is 1.53. The smallest absolute Gasteiger partial charge is 0.127 e. The molecular formula is C12H18FNO2. The Morgan fingerprint density at radius 3 is 2.62 bits per heavy atom. The lowest BCUT2D eigenvalue weighted by Crippen LogP contribution is -2.34. The fraction of sp³-hybridized carbons (Fsp3) is 0.500. The van der Waals surface area contributed by atoms with E-state index in [1.165, 1.54) is 6.07 Å². The van der Waals surface area contributed by atoms with E-state index >= 15 is 0 Å². The van der Waals surface area contributed by atoms with E-state index in [4.69, 9.17) is 5.11 Å². The summed E-state index contributed by atoms with van der Waals surface area (Å²) in [6.45, 7) is 3.16. The zero-order chi connectivity index (χ0) is 12.0. The predicted octanol–water partition coefficient (Wildman–Crippen LogP) is 1.00. The maximum atomic E-state index is 13.4. The minimum absolute atomic E-state index is 0.237. The van der Waals surface area contributed by atoms with Crippen molar-refractivity contribution in [3.63, 3.8) is 0 Å². The number of benzene rings is 1. The molecular weight excluding hydrogens is 209 g/mol. The molecule has 0 unspecified atom stereocenters. The topological polar surface area (TPSA) is 43.7 Å². The van der Waals surface area contributed by atoms with Crippen LogP contribution in [0.15, 0.2) is 24.3 Å².